The Balaban J connectivity index is 2.88. The fourth-order valence-electron chi connectivity index (χ4n) is 0.542. The van der Waals surface area contributed by atoms with Crippen molar-refractivity contribution in [1.82, 2.24) is 0 Å². The highest BCUT2D eigenvalue weighted by Gasteiger charge is 1.87. The minimum atomic E-state index is 0.232. The lowest BCUT2D eigenvalue weighted by molar-refractivity contribution is 0.460. The maximum atomic E-state index is 8.78. The lowest BCUT2D eigenvalue weighted by Crippen LogP contribution is -1.75. The van der Waals surface area contributed by atoms with Crippen LogP contribution in [0.5, 0.6) is 11.5 Å². The summed E-state index contributed by atoms with van der Waals surface area (Å²) in [7, 11) is 3.20. The van der Waals surface area contributed by atoms with Crippen LogP contribution in [-0.4, -0.2) is 5.11 Å². The van der Waals surface area contributed by atoms with Crippen molar-refractivity contribution in [1.29, 1.82) is 0 Å². The number of aromatic hydroxyl groups is 1. The maximum Gasteiger partial charge on any atom is 0.122 e. The molecule has 1 rings (SSSR count). The van der Waals surface area contributed by atoms with Gasteiger partial charge in [-0.25, -0.2) is 0 Å². The van der Waals surface area contributed by atoms with Gasteiger partial charge < -0.3 is 9.84 Å². The molecule has 1 N–H and O–H groups in total. The zero-order valence-corrected chi connectivity index (χ0v) is 4.87. The van der Waals surface area contributed by atoms with Crippen molar-refractivity contribution in [3.63, 3.8) is 0 Å². The quantitative estimate of drug-likeness (QED) is 0.614. The normalized spacial score (nSPS) is 9.00. The smallest absolute Gasteiger partial charge is 0.122 e. The Bertz CT molecular complexity index is 179. The zero-order chi connectivity index (χ0) is 6.69. The monoisotopic (exact) mass is 123 g/mol. The maximum absolute atomic E-state index is 8.78. The molecule has 0 aliphatic rings. The number of ether oxygens (including phenoxy) is 1. The van der Waals surface area contributed by atoms with Gasteiger partial charge in [0.15, 0.2) is 0 Å². The van der Waals surface area contributed by atoms with Crippen molar-refractivity contribution < 1.29 is 9.84 Å². The van der Waals surface area contributed by atoms with Crippen LogP contribution in [0.4, 0.5) is 0 Å². The van der Waals surface area contributed by atoms with E-state index in [1.807, 2.05) is 0 Å². The molecule has 0 saturated carbocycles. The third-order valence-electron chi connectivity index (χ3n) is 1.00. The van der Waals surface area contributed by atoms with Crippen molar-refractivity contribution in [2.24, 2.45) is 0 Å². The molecule has 0 saturated heterocycles. The Labute approximate surface area is 53.7 Å². The van der Waals surface area contributed by atoms with Gasteiger partial charge in [0, 0.05) is 0 Å². The van der Waals surface area contributed by atoms with Gasteiger partial charge in [0.1, 0.15) is 18.6 Å². The van der Waals surface area contributed by atoms with Gasteiger partial charge in [0.25, 0.3) is 0 Å². The molecule has 1 aromatic carbocycles. The number of hydrogen-bond donors (Lipinski definition) is 1. The SMILES string of the molecule is [CH2]Oc1ccc(O)cc1. The van der Waals surface area contributed by atoms with Gasteiger partial charge in [-0.2, -0.15) is 0 Å². The van der Waals surface area contributed by atoms with Gasteiger partial charge in [-0.1, -0.05) is 0 Å². The van der Waals surface area contributed by atoms with Crippen LogP contribution in [-0.2, 0) is 0 Å². The van der Waals surface area contributed by atoms with Crippen LogP contribution in [0.3, 0.4) is 0 Å². The Morgan fingerprint density at radius 2 is 1.78 bits per heavy atom. The number of rotatable bonds is 1. The number of phenolic OH excluding ortho intramolecular Hbond substituents is 1. The van der Waals surface area contributed by atoms with E-state index in [9.17, 15) is 0 Å². The summed E-state index contributed by atoms with van der Waals surface area (Å²) in [6, 6.07) is 6.37. The van der Waals surface area contributed by atoms with Crippen molar-refractivity contribution in [2.75, 3.05) is 0 Å². The van der Waals surface area contributed by atoms with Gasteiger partial charge in [0.05, 0.1) is 0 Å². The Kier molecular flexibility index (Phi) is 1.58. The average Bonchev–Trinajstić information content (AvgIpc) is 1.90. The highest BCUT2D eigenvalue weighted by Crippen LogP contribution is 2.14. The summed E-state index contributed by atoms with van der Waals surface area (Å²) >= 11 is 0. The highest BCUT2D eigenvalue weighted by atomic mass is 16.5. The fourth-order valence-corrected chi connectivity index (χ4v) is 0.542. The van der Waals surface area contributed by atoms with Crippen LogP contribution in [0, 0.1) is 7.11 Å². The molecule has 2 nitrogen and oxygen atoms in total. The summed E-state index contributed by atoms with van der Waals surface area (Å²) < 4.78 is 4.61. The molecule has 0 unspecified atom stereocenters. The minimum absolute atomic E-state index is 0.232. The van der Waals surface area contributed by atoms with Crippen molar-refractivity contribution in [3.8, 4) is 11.5 Å². The Hall–Kier alpha value is -1.18. The first-order valence-electron chi connectivity index (χ1n) is 2.54. The van der Waals surface area contributed by atoms with Gasteiger partial charge in [-0.3, -0.25) is 0 Å². The second kappa shape index (κ2) is 2.40. The lowest BCUT2D eigenvalue weighted by Gasteiger charge is -1.96. The predicted molar refractivity (Wildman–Crippen MR) is 34.1 cm³/mol. The molecule has 0 atom stereocenters. The number of hydrogen-bond acceptors (Lipinski definition) is 2. The molecule has 0 heterocycles. The average molecular weight is 123 g/mol. The second-order valence-electron chi connectivity index (χ2n) is 1.64. The van der Waals surface area contributed by atoms with E-state index in [1.54, 1.807) is 24.3 Å². The zero-order valence-electron chi connectivity index (χ0n) is 4.87. The van der Waals surface area contributed by atoms with E-state index in [0.29, 0.717) is 5.75 Å². The van der Waals surface area contributed by atoms with Gasteiger partial charge in [-0.15, -0.1) is 0 Å². The van der Waals surface area contributed by atoms with E-state index in [2.05, 4.69) is 11.8 Å². The first-order valence-corrected chi connectivity index (χ1v) is 2.54. The molecule has 0 fully saturated rings. The van der Waals surface area contributed by atoms with Crippen molar-refractivity contribution >= 4 is 0 Å². The van der Waals surface area contributed by atoms with E-state index < -0.39 is 0 Å². The molecule has 1 radical (unpaired) electrons. The Morgan fingerprint density at radius 3 is 2.22 bits per heavy atom. The molecule has 0 aromatic heterocycles. The first-order chi connectivity index (χ1) is 4.33. The highest BCUT2D eigenvalue weighted by molar-refractivity contribution is 5.29. The van der Waals surface area contributed by atoms with E-state index in [0.717, 1.165) is 0 Å². The summed E-state index contributed by atoms with van der Waals surface area (Å²) in [5, 5.41) is 8.78. The molecule has 9 heavy (non-hydrogen) atoms. The largest absolute Gasteiger partial charge is 0.508 e. The molecule has 0 spiro atoms. The molecular weight excluding hydrogens is 116 g/mol. The summed E-state index contributed by atoms with van der Waals surface area (Å²) in [6.45, 7) is 0. The number of phenols is 1. The molecule has 47 valence electrons. The molecule has 0 aliphatic heterocycles. The van der Waals surface area contributed by atoms with Crippen LogP contribution in [0.2, 0.25) is 0 Å². The summed E-state index contributed by atoms with van der Waals surface area (Å²) in [5.74, 6) is 0.878. The van der Waals surface area contributed by atoms with Gasteiger partial charge in [0.2, 0.25) is 0 Å². The minimum Gasteiger partial charge on any atom is -0.508 e. The van der Waals surface area contributed by atoms with Crippen molar-refractivity contribution in [3.05, 3.63) is 31.4 Å². The molecular formula is C7H7O2. The van der Waals surface area contributed by atoms with Gasteiger partial charge in [-0.05, 0) is 24.3 Å². The van der Waals surface area contributed by atoms with E-state index in [-0.39, 0.29) is 5.75 Å². The van der Waals surface area contributed by atoms with E-state index >= 15 is 0 Å². The predicted octanol–water partition coefficient (Wildman–Crippen LogP) is 1.56. The molecule has 0 aliphatic carbocycles. The molecule has 0 bridgehead atoms. The fraction of sp³-hybridized carbons (Fsp3) is 0. The van der Waals surface area contributed by atoms with Crippen LogP contribution in [0.15, 0.2) is 24.3 Å². The molecule has 0 amide bonds. The van der Waals surface area contributed by atoms with Gasteiger partial charge >= 0.3 is 0 Å². The third-order valence-corrected chi connectivity index (χ3v) is 1.00. The first kappa shape index (κ1) is 5.95. The van der Waals surface area contributed by atoms with Crippen LogP contribution in [0.1, 0.15) is 0 Å². The number of benzene rings is 1. The van der Waals surface area contributed by atoms with Crippen LogP contribution >= 0.6 is 0 Å². The third kappa shape index (κ3) is 1.35. The molecule has 1 aromatic rings. The summed E-state index contributed by atoms with van der Waals surface area (Å²) in [4.78, 5) is 0. The summed E-state index contributed by atoms with van der Waals surface area (Å²) in [5.41, 5.74) is 0. The van der Waals surface area contributed by atoms with Crippen molar-refractivity contribution in [2.45, 2.75) is 0 Å². The van der Waals surface area contributed by atoms with E-state index in [4.69, 9.17) is 5.11 Å². The summed E-state index contributed by atoms with van der Waals surface area (Å²) in [6.07, 6.45) is 0. The molecule has 2 heteroatoms. The Morgan fingerprint density at radius 1 is 1.22 bits per heavy atom. The second-order valence-corrected chi connectivity index (χ2v) is 1.64. The lowest BCUT2D eigenvalue weighted by atomic mass is 10.3. The standard InChI is InChI=1S/C7H7O2/c1-9-7-4-2-6(8)3-5-7/h2-5,8H,1H2. The topological polar surface area (TPSA) is 29.5 Å². The van der Waals surface area contributed by atoms with Crippen LogP contribution in [0.25, 0.3) is 0 Å². The van der Waals surface area contributed by atoms with Crippen LogP contribution < -0.4 is 4.74 Å². The van der Waals surface area contributed by atoms with E-state index in [1.165, 1.54) is 0 Å².